The Labute approximate surface area is 127 Å². The van der Waals surface area contributed by atoms with Gasteiger partial charge in [0.2, 0.25) is 0 Å². The van der Waals surface area contributed by atoms with Gasteiger partial charge in [-0.15, -0.1) is 0 Å². The molecule has 21 heavy (non-hydrogen) atoms. The van der Waals surface area contributed by atoms with Crippen LogP contribution >= 0.6 is 11.6 Å². The highest BCUT2D eigenvalue weighted by atomic mass is 35.5. The van der Waals surface area contributed by atoms with E-state index >= 15 is 0 Å². The standard InChI is InChI=1S/C14H10ClFN2O2S/c1-18(12-5-3-11(16)4-6-12)21(19,20)13-7-2-10(9-17)14(15)8-13/h2-8H,1H3. The van der Waals surface area contributed by atoms with E-state index in [2.05, 4.69) is 0 Å². The molecule has 0 fully saturated rings. The van der Waals surface area contributed by atoms with Crippen LogP contribution < -0.4 is 4.31 Å². The Morgan fingerprint density at radius 2 is 1.81 bits per heavy atom. The minimum Gasteiger partial charge on any atom is -0.269 e. The minimum absolute atomic E-state index is 0.0432. The summed E-state index contributed by atoms with van der Waals surface area (Å²) in [4.78, 5) is -0.0432. The molecule has 2 rings (SSSR count). The van der Waals surface area contributed by atoms with E-state index in [-0.39, 0.29) is 15.5 Å². The van der Waals surface area contributed by atoms with Crippen LogP contribution in [0, 0.1) is 17.1 Å². The van der Waals surface area contributed by atoms with Crippen LogP contribution in [0.4, 0.5) is 10.1 Å². The third-order valence-corrected chi connectivity index (χ3v) is 5.00. The van der Waals surface area contributed by atoms with E-state index in [1.807, 2.05) is 6.07 Å². The first-order valence-electron chi connectivity index (χ1n) is 5.80. The summed E-state index contributed by atoms with van der Waals surface area (Å²) >= 11 is 5.85. The maximum Gasteiger partial charge on any atom is 0.264 e. The van der Waals surface area contributed by atoms with Crippen molar-refractivity contribution in [2.45, 2.75) is 4.90 Å². The first-order valence-corrected chi connectivity index (χ1v) is 7.62. The van der Waals surface area contributed by atoms with E-state index in [1.54, 1.807) is 0 Å². The second-order valence-electron chi connectivity index (χ2n) is 4.20. The summed E-state index contributed by atoms with van der Waals surface area (Å²) in [5.74, 6) is -0.453. The van der Waals surface area contributed by atoms with Crippen molar-refractivity contribution in [3.05, 3.63) is 58.9 Å². The second kappa shape index (κ2) is 5.72. The van der Waals surface area contributed by atoms with Crippen LogP contribution in [0.5, 0.6) is 0 Å². The van der Waals surface area contributed by atoms with Gasteiger partial charge >= 0.3 is 0 Å². The molecule has 0 aliphatic rings. The summed E-state index contributed by atoms with van der Waals surface area (Å²) < 4.78 is 38.8. The smallest absolute Gasteiger partial charge is 0.264 e. The zero-order valence-electron chi connectivity index (χ0n) is 10.9. The van der Waals surface area contributed by atoms with Crippen LogP contribution in [0.3, 0.4) is 0 Å². The van der Waals surface area contributed by atoms with Gasteiger partial charge < -0.3 is 0 Å². The predicted octanol–water partition coefficient (Wildman–Crippen LogP) is 3.18. The fourth-order valence-electron chi connectivity index (χ4n) is 1.69. The topological polar surface area (TPSA) is 61.2 Å². The number of nitriles is 1. The monoisotopic (exact) mass is 324 g/mol. The average molecular weight is 325 g/mol. The maximum atomic E-state index is 12.9. The van der Waals surface area contributed by atoms with E-state index in [0.717, 1.165) is 4.31 Å². The molecule has 0 bridgehead atoms. The van der Waals surface area contributed by atoms with Crippen LogP contribution in [0.2, 0.25) is 5.02 Å². The van der Waals surface area contributed by atoms with Crippen molar-refractivity contribution in [1.82, 2.24) is 0 Å². The quantitative estimate of drug-likeness (QED) is 0.871. The van der Waals surface area contributed by atoms with E-state index < -0.39 is 15.8 Å². The van der Waals surface area contributed by atoms with Crippen LogP contribution in [0.15, 0.2) is 47.4 Å². The molecule has 0 atom stereocenters. The van der Waals surface area contributed by atoms with Crippen molar-refractivity contribution >= 4 is 27.3 Å². The normalized spacial score (nSPS) is 11.0. The van der Waals surface area contributed by atoms with Gasteiger partial charge in [0.05, 0.1) is 21.2 Å². The zero-order chi connectivity index (χ0) is 15.6. The lowest BCUT2D eigenvalue weighted by Crippen LogP contribution is -2.26. The highest BCUT2D eigenvalue weighted by Crippen LogP contribution is 2.25. The van der Waals surface area contributed by atoms with Crippen LogP contribution in [-0.4, -0.2) is 15.5 Å². The van der Waals surface area contributed by atoms with Crippen molar-refractivity contribution in [2.75, 3.05) is 11.4 Å². The summed E-state index contributed by atoms with van der Waals surface area (Å²) in [6.07, 6.45) is 0. The fourth-order valence-corrected chi connectivity index (χ4v) is 3.20. The van der Waals surface area contributed by atoms with Crippen molar-refractivity contribution in [3.63, 3.8) is 0 Å². The molecule has 0 aromatic heterocycles. The summed E-state index contributed by atoms with van der Waals surface area (Å²) in [5, 5.41) is 8.86. The molecule has 0 aliphatic heterocycles. The molecule has 108 valence electrons. The summed E-state index contributed by atoms with van der Waals surface area (Å²) in [7, 11) is -2.48. The third-order valence-electron chi connectivity index (χ3n) is 2.91. The number of halogens is 2. The lowest BCUT2D eigenvalue weighted by molar-refractivity contribution is 0.594. The molecule has 4 nitrogen and oxygen atoms in total. The Morgan fingerprint density at radius 3 is 2.33 bits per heavy atom. The molecule has 0 radical (unpaired) electrons. The maximum absolute atomic E-state index is 12.9. The Hall–Kier alpha value is -2.10. The number of rotatable bonds is 3. The van der Waals surface area contributed by atoms with Crippen LogP contribution in [0.1, 0.15) is 5.56 Å². The molecular weight excluding hydrogens is 315 g/mol. The number of nitrogens with zero attached hydrogens (tertiary/aromatic N) is 2. The number of sulfonamides is 1. The van der Waals surface area contributed by atoms with Crippen molar-refractivity contribution in [3.8, 4) is 6.07 Å². The lowest BCUT2D eigenvalue weighted by atomic mass is 10.2. The summed E-state index contributed by atoms with van der Waals surface area (Å²) in [6.45, 7) is 0. The predicted molar refractivity (Wildman–Crippen MR) is 78.2 cm³/mol. The first-order chi connectivity index (χ1) is 9.86. The van der Waals surface area contributed by atoms with E-state index in [4.69, 9.17) is 16.9 Å². The average Bonchev–Trinajstić information content (AvgIpc) is 2.47. The largest absolute Gasteiger partial charge is 0.269 e. The van der Waals surface area contributed by atoms with Gasteiger partial charge in [-0.25, -0.2) is 12.8 Å². The fraction of sp³-hybridized carbons (Fsp3) is 0.0714. The molecule has 2 aromatic carbocycles. The number of hydrogen-bond donors (Lipinski definition) is 0. The Morgan fingerprint density at radius 1 is 1.19 bits per heavy atom. The molecule has 0 N–H and O–H groups in total. The summed E-state index contributed by atoms with van der Waals surface area (Å²) in [6, 6.07) is 10.8. The van der Waals surface area contributed by atoms with Gasteiger partial charge in [0.1, 0.15) is 11.9 Å². The van der Waals surface area contributed by atoms with Crippen molar-refractivity contribution in [1.29, 1.82) is 5.26 Å². The second-order valence-corrected chi connectivity index (χ2v) is 6.58. The molecule has 2 aromatic rings. The van der Waals surface area contributed by atoms with E-state index in [1.165, 1.54) is 49.5 Å². The highest BCUT2D eigenvalue weighted by Gasteiger charge is 2.22. The Kier molecular flexibility index (Phi) is 4.16. The van der Waals surface area contributed by atoms with Gasteiger partial charge in [0.15, 0.2) is 0 Å². The highest BCUT2D eigenvalue weighted by molar-refractivity contribution is 7.92. The number of hydrogen-bond acceptors (Lipinski definition) is 3. The molecule has 7 heteroatoms. The molecule has 0 heterocycles. The van der Waals surface area contributed by atoms with E-state index in [0.29, 0.717) is 5.69 Å². The van der Waals surface area contributed by atoms with E-state index in [9.17, 15) is 12.8 Å². The first kappa shape index (κ1) is 15.3. The molecule has 0 saturated carbocycles. The number of benzene rings is 2. The van der Waals surface area contributed by atoms with Gasteiger partial charge in [-0.05, 0) is 42.5 Å². The summed E-state index contributed by atoms with van der Waals surface area (Å²) in [5.41, 5.74) is 0.511. The van der Waals surface area contributed by atoms with Crippen molar-refractivity contribution < 1.29 is 12.8 Å². The van der Waals surface area contributed by atoms with Crippen molar-refractivity contribution in [2.24, 2.45) is 0 Å². The van der Waals surface area contributed by atoms with Gasteiger partial charge in [0.25, 0.3) is 10.0 Å². The zero-order valence-corrected chi connectivity index (χ0v) is 12.5. The molecule has 0 unspecified atom stereocenters. The van der Waals surface area contributed by atoms with Gasteiger partial charge in [-0.1, -0.05) is 11.6 Å². The SMILES string of the molecule is CN(c1ccc(F)cc1)S(=O)(=O)c1ccc(C#N)c(Cl)c1. The Bertz CT molecular complexity index is 814. The number of anilines is 1. The Balaban J connectivity index is 2.44. The van der Waals surface area contributed by atoms with Gasteiger partial charge in [0, 0.05) is 7.05 Å². The molecule has 0 spiro atoms. The van der Waals surface area contributed by atoms with Gasteiger partial charge in [-0.3, -0.25) is 4.31 Å². The molecule has 0 aliphatic carbocycles. The molecule has 0 amide bonds. The van der Waals surface area contributed by atoms with Crippen LogP contribution in [0.25, 0.3) is 0 Å². The molecule has 0 saturated heterocycles. The lowest BCUT2D eigenvalue weighted by Gasteiger charge is -2.19. The van der Waals surface area contributed by atoms with Gasteiger partial charge in [-0.2, -0.15) is 5.26 Å². The third kappa shape index (κ3) is 2.99. The molecular formula is C14H10ClFN2O2S. The van der Waals surface area contributed by atoms with Crippen LogP contribution in [-0.2, 0) is 10.0 Å². The minimum atomic E-state index is -3.84.